The average Bonchev–Trinajstić information content (AvgIpc) is 2.11. The molecule has 3 nitrogen and oxygen atoms in total. The first-order valence-electron chi connectivity index (χ1n) is 4.65. The number of carbonyl (C=O) groups is 1. The van der Waals surface area contributed by atoms with Gasteiger partial charge in [0, 0.05) is 13.2 Å². The first kappa shape index (κ1) is 12.2. The fraction of sp³-hybridized carbons (Fsp3) is 0.700. The fourth-order valence-electron chi connectivity index (χ4n) is 0.813. The van der Waals surface area contributed by atoms with Gasteiger partial charge in [0.1, 0.15) is 0 Å². The van der Waals surface area contributed by atoms with E-state index >= 15 is 0 Å². The predicted octanol–water partition coefficient (Wildman–Crippen LogP) is 1.92. The highest BCUT2D eigenvalue weighted by atomic mass is 16.5. The number of ether oxygens (including phenoxy) is 2. The first-order valence-corrected chi connectivity index (χ1v) is 4.65. The van der Waals surface area contributed by atoms with Crippen LogP contribution in [0, 0.1) is 0 Å². The van der Waals surface area contributed by atoms with E-state index in [2.05, 4.69) is 6.58 Å². The van der Waals surface area contributed by atoms with Crippen LogP contribution in [0.5, 0.6) is 0 Å². The van der Waals surface area contributed by atoms with Gasteiger partial charge in [0.2, 0.25) is 0 Å². The molecular weight excluding hydrogens is 168 g/mol. The zero-order valence-corrected chi connectivity index (χ0v) is 8.25. The van der Waals surface area contributed by atoms with Gasteiger partial charge >= 0.3 is 5.97 Å². The molecule has 0 saturated heterocycles. The second-order valence-electron chi connectivity index (χ2n) is 2.62. The van der Waals surface area contributed by atoms with Crippen molar-refractivity contribution in [3.05, 3.63) is 12.7 Å². The molecule has 0 rings (SSSR count). The molecule has 0 heterocycles. The summed E-state index contributed by atoms with van der Waals surface area (Å²) >= 11 is 0. The minimum atomic E-state index is -0.202. The molecule has 3 heteroatoms. The average molecular weight is 186 g/mol. The summed E-state index contributed by atoms with van der Waals surface area (Å²) in [6.07, 6.45) is 3.64. The van der Waals surface area contributed by atoms with Crippen molar-refractivity contribution in [2.45, 2.75) is 26.2 Å². The normalized spacial score (nSPS) is 9.62. The maximum atomic E-state index is 10.8. The van der Waals surface area contributed by atoms with Crippen LogP contribution in [0.4, 0.5) is 0 Å². The van der Waals surface area contributed by atoms with Crippen molar-refractivity contribution in [2.24, 2.45) is 0 Å². The van der Waals surface area contributed by atoms with E-state index in [0.717, 1.165) is 26.1 Å². The molecular formula is C10H18O3. The van der Waals surface area contributed by atoms with Crippen LogP contribution in [-0.2, 0) is 14.3 Å². The summed E-state index contributed by atoms with van der Waals surface area (Å²) in [6.45, 7) is 7.39. The highest BCUT2D eigenvalue weighted by molar-refractivity contribution is 5.70. The number of carbonyl (C=O) groups excluding carboxylic acids is 1. The lowest BCUT2D eigenvalue weighted by Crippen LogP contribution is -2.05. The summed E-state index contributed by atoms with van der Waals surface area (Å²) < 4.78 is 10.0. The van der Waals surface area contributed by atoms with Crippen LogP contribution < -0.4 is 0 Å². The maximum Gasteiger partial charge on any atom is 0.309 e. The summed E-state index contributed by atoms with van der Waals surface area (Å²) in [5.41, 5.74) is 0. The topological polar surface area (TPSA) is 35.5 Å². The molecule has 0 unspecified atom stereocenters. The summed E-state index contributed by atoms with van der Waals surface area (Å²) in [4.78, 5) is 10.8. The molecule has 0 aliphatic carbocycles. The zero-order valence-electron chi connectivity index (χ0n) is 8.25. The van der Waals surface area contributed by atoms with Crippen LogP contribution >= 0.6 is 0 Å². The van der Waals surface area contributed by atoms with Gasteiger partial charge in [-0.1, -0.05) is 6.08 Å². The molecule has 0 bridgehead atoms. The largest absolute Gasteiger partial charge is 0.465 e. The van der Waals surface area contributed by atoms with Crippen LogP contribution in [0.2, 0.25) is 0 Å². The van der Waals surface area contributed by atoms with Crippen LogP contribution in [0.25, 0.3) is 0 Å². The van der Waals surface area contributed by atoms with Gasteiger partial charge in [-0.05, 0) is 19.8 Å². The molecule has 0 saturated carbocycles. The van der Waals surface area contributed by atoms with Crippen molar-refractivity contribution in [3.63, 3.8) is 0 Å². The summed E-state index contributed by atoms with van der Waals surface area (Å²) in [5.74, 6) is -0.202. The van der Waals surface area contributed by atoms with Crippen LogP contribution in [0.1, 0.15) is 26.2 Å². The van der Waals surface area contributed by atoms with Gasteiger partial charge in [0.05, 0.1) is 13.0 Å². The molecule has 0 aliphatic heterocycles. The van der Waals surface area contributed by atoms with E-state index in [9.17, 15) is 4.79 Å². The molecule has 0 N–H and O–H groups in total. The van der Waals surface area contributed by atoms with Crippen molar-refractivity contribution >= 4 is 5.97 Å². The standard InChI is InChI=1S/C10H18O3/c1-3-7-10(11)13-9-6-5-8-12-4-2/h3H,1,4-9H2,2H3. The van der Waals surface area contributed by atoms with Gasteiger partial charge in [-0.15, -0.1) is 6.58 Å². The van der Waals surface area contributed by atoms with Crippen LogP contribution in [-0.4, -0.2) is 25.8 Å². The number of rotatable bonds is 8. The van der Waals surface area contributed by atoms with Crippen molar-refractivity contribution < 1.29 is 14.3 Å². The Hall–Kier alpha value is -0.830. The summed E-state index contributed by atoms with van der Waals surface area (Å²) in [5, 5.41) is 0. The van der Waals surface area contributed by atoms with Crippen molar-refractivity contribution in [1.29, 1.82) is 0 Å². The molecule has 76 valence electrons. The molecule has 0 aliphatic rings. The Balaban J connectivity index is 3.06. The SMILES string of the molecule is C=CCC(=O)OCCCCOCC. The maximum absolute atomic E-state index is 10.8. The Morgan fingerprint density at radius 2 is 2.08 bits per heavy atom. The van der Waals surface area contributed by atoms with Gasteiger partial charge in [-0.3, -0.25) is 4.79 Å². The lowest BCUT2D eigenvalue weighted by molar-refractivity contribution is -0.142. The first-order chi connectivity index (χ1) is 6.31. The predicted molar refractivity (Wildman–Crippen MR) is 51.5 cm³/mol. The monoisotopic (exact) mass is 186 g/mol. The van der Waals surface area contributed by atoms with Gasteiger partial charge in [0.15, 0.2) is 0 Å². The smallest absolute Gasteiger partial charge is 0.309 e. The third kappa shape index (κ3) is 9.08. The lowest BCUT2D eigenvalue weighted by Gasteiger charge is -2.03. The number of hydrogen-bond acceptors (Lipinski definition) is 3. The zero-order chi connectivity index (χ0) is 9.94. The third-order valence-electron chi connectivity index (χ3n) is 1.46. The molecule has 0 aromatic rings. The Bertz CT molecular complexity index is 143. The molecule has 0 amide bonds. The highest BCUT2D eigenvalue weighted by Gasteiger charge is 1.97. The van der Waals surface area contributed by atoms with Gasteiger partial charge < -0.3 is 9.47 Å². The Morgan fingerprint density at radius 3 is 2.69 bits per heavy atom. The van der Waals surface area contributed by atoms with Crippen molar-refractivity contribution in [3.8, 4) is 0 Å². The Morgan fingerprint density at radius 1 is 1.38 bits per heavy atom. The minimum Gasteiger partial charge on any atom is -0.465 e. The van der Waals surface area contributed by atoms with E-state index in [4.69, 9.17) is 9.47 Å². The van der Waals surface area contributed by atoms with Gasteiger partial charge in [-0.2, -0.15) is 0 Å². The molecule has 0 aromatic heterocycles. The number of unbranched alkanes of at least 4 members (excludes halogenated alkanes) is 1. The highest BCUT2D eigenvalue weighted by Crippen LogP contribution is 1.93. The van der Waals surface area contributed by atoms with Gasteiger partial charge in [0.25, 0.3) is 0 Å². The van der Waals surface area contributed by atoms with E-state index in [1.807, 2.05) is 6.92 Å². The lowest BCUT2D eigenvalue weighted by atomic mass is 10.3. The third-order valence-corrected chi connectivity index (χ3v) is 1.46. The van der Waals surface area contributed by atoms with E-state index in [-0.39, 0.29) is 5.97 Å². The Kier molecular flexibility index (Phi) is 8.67. The second kappa shape index (κ2) is 9.26. The van der Waals surface area contributed by atoms with E-state index in [1.54, 1.807) is 6.08 Å². The molecule has 0 atom stereocenters. The summed E-state index contributed by atoms with van der Waals surface area (Å²) in [7, 11) is 0. The van der Waals surface area contributed by atoms with Gasteiger partial charge in [-0.25, -0.2) is 0 Å². The van der Waals surface area contributed by atoms with E-state index < -0.39 is 0 Å². The quantitative estimate of drug-likeness (QED) is 0.330. The number of hydrogen-bond donors (Lipinski definition) is 0. The molecule has 0 spiro atoms. The molecule has 0 radical (unpaired) electrons. The Labute approximate surface area is 79.7 Å². The minimum absolute atomic E-state index is 0.202. The van der Waals surface area contributed by atoms with E-state index in [0.29, 0.717) is 13.0 Å². The van der Waals surface area contributed by atoms with Crippen molar-refractivity contribution in [2.75, 3.05) is 19.8 Å². The fourth-order valence-corrected chi connectivity index (χ4v) is 0.813. The molecule has 0 aromatic carbocycles. The molecule has 0 fully saturated rings. The second-order valence-corrected chi connectivity index (χ2v) is 2.62. The van der Waals surface area contributed by atoms with Crippen LogP contribution in [0.15, 0.2) is 12.7 Å². The van der Waals surface area contributed by atoms with Crippen LogP contribution in [0.3, 0.4) is 0 Å². The molecule has 13 heavy (non-hydrogen) atoms. The van der Waals surface area contributed by atoms with Crippen molar-refractivity contribution in [1.82, 2.24) is 0 Å². The van der Waals surface area contributed by atoms with E-state index in [1.165, 1.54) is 0 Å². The number of esters is 1. The summed E-state index contributed by atoms with van der Waals surface area (Å²) in [6, 6.07) is 0.